The molecule has 1 aliphatic rings. The number of benzene rings is 1. The van der Waals surface area contributed by atoms with Gasteiger partial charge in [-0.15, -0.1) is 0 Å². The Morgan fingerprint density at radius 3 is 2.38 bits per heavy atom. The van der Waals surface area contributed by atoms with E-state index in [0.29, 0.717) is 10.6 Å². The Labute approximate surface area is 128 Å². The number of hydrogen-bond acceptors (Lipinski definition) is 4. The lowest BCUT2D eigenvalue weighted by Gasteiger charge is -2.11. The molecule has 0 unspecified atom stereocenters. The van der Waals surface area contributed by atoms with E-state index in [2.05, 4.69) is 0 Å². The number of carboxylic acid groups (broad SMARTS) is 1. The maximum atomic E-state index is 12.3. The first-order valence-electron chi connectivity index (χ1n) is 6.50. The van der Waals surface area contributed by atoms with Crippen molar-refractivity contribution in [2.45, 2.75) is 18.1 Å². The average molecular weight is 333 g/mol. The lowest BCUT2D eigenvalue weighted by Crippen LogP contribution is -2.29. The van der Waals surface area contributed by atoms with Crippen LogP contribution in [0, 0.1) is 5.41 Å². The molecule has 21 heavy (non-hydrogen) atoms. The van der Waals surface area contributed by atoms with Crippen molar-refractivity contribution in [3.63, 3.8) is 0 Å². The molecule has 1 saturated carbocycles. The Morgan fingerprint density at radius 2 is 1.95 bits per heavy atom. The zero-order valence-electron chi connectivity index (χ0n) is 11.7. The molecule has 5 nitrogen and oxygen atoms in total. The van der Waals surface area contributed by atoms with Crippen LogP contribution in [0.15, 0.2) is 24.3 Å². The number of halogens is 1. The van der Waals surface area contributed by atoms with Crippen molar-refractivity contribution in [1.29, 1.82) is 0 Å². The summed E-state index contributed by atoms with van der Waals surface area (Å²) in [5.74, 6) is -1.86. The van der Waals surface area contributed by atoms with E-state index >= 15 is 0 Å². The SMILES string of the molecule is CCS(=O)(=O)[C@@H]1[C@H](c2ccc(Cl)cc2)[C@@]1(COC)C(=O)O. The van der Waals surface area contributed by atoms with E-state index in [0.717, 1.165) is 0 Å². The molecule has 1 aliphatic carbocycles. The molecule has 1 aromatic carbocycles. The van der Waals surface area contributed by atoms with Gasteiger partial charge >= 0.3 is 5.97 Å². The number of ether oxygens (including phenoxy) is 1. The number of methoxy groups -OCH3 is 1. The first kappa shape index (κ1) is 16.3. The number of aliphatic carboxylic acids is 1. The van der Waals surface area contributed by atoms with Gasteiger partial charge in [-0.3, -0.25) is 4.79 Å². The van der Waals surface area contributed by atoms with Crippen LogP contribution in [0.1, 0.15) is 18.4 Å². The van der Waals surface area contributed by atoms with E-state index in [1.165, 1.54) is 14.0 Å². The maximum absolute atomic E-state index is 12.3. The molecule has 0 aliphatic heterocycles. The summed E-state index contributed by atoms with van der Waals surface area (Å²) in [5, 5.41) is 9.13. The summed E-state index contributed by atoms with van der Waals surface area (Å²) in [6.45, 7) is 1.38. The maximum Gasteiger partial charge on any atom is 0.314 e. The fourth-order valence-electron chi connectivity index (χ4n) is 2.98. The Balaban J connectivity index is 2.51. The minimum Gasteiger partial charge on any atom is -0.481 e. The van der Waals surface area contributed by atoms with Crippen LogP contribution < -0.4 is 0 Å². The molecule has 3 atom stereocenters. The summed E-state index contributed by atoms with van der Waals surface area (Å²) in [4.78, 5) is 11.7. The quantitative estimate of drug-likeness (QED) is 0.861. The highest BCUT2D eigenvalue weighted by molar-refractivity contribution is 7.92. The predicted molar refractivity (Wildman–Crippen MR) is 79.4 cm³/mol. The zero-order chi connectivity index (χ0) is 15.8. The second kappa shape index (κ2) is 5.59. The standard InChI is InChI=1S/C14H17ClO5S/c1-3-21(18,19)12-11(9-4-6-10(15)7-5-9)14(12,8-20-2)13(16)17/h4-7,11-12H,3,8H2,1-2H3,(H,16,17)/t11-,12+,14+/m0/s1. The normalized spacial score (nSPS) is 28.3. The van der Waals surface area contributed by atoms with Crippen LogP contribution in [0.3, 0.4) is 0 Å². The Morgan fingerprint density at radius 1 is 1.38 bits per heavy atom. The molecule has 0 amide bonds. The molecule has 0 heterocycles. The highest BCUT2D eigenvalue weighted by Crippen LogP contribution is 2.63. The van der Waals surface area contributed by atoms with Crippen molar-refractivity contribution in [1.82, 2.24) is 0 Å². The average Bonchev–Trinajstić information content (AvgIpc) is 3.11. The molecule has 0 spiro atoms. The van der Waals surface area contributed by atoms with Gasteiger partial charge in [0.1, 0.15) is 5.41 Å². The third-order valence-corrected chi connectivity index (χ3v) is 6.58. The smallest absolute Gasteiger partial charge is 0.314 e. The molecule has 0 radical (unpaired) electrons. The summed E-state index contributed by atoms with van der Waals surface area (Å²) in [6.07, 6.45) is 0. The van der Waals surface area contributed by atoms with Crippen molar-refractivity contribution in [3.05, 3.63) is 34.9 Å². The van der Waals surface area contributed by atoms with E-state index in [1.807, 2.05) is 0 Å². The molecular formula is C14H17ClO5S. The monoisotopic (exact) mass is 332 g/mol. The lowest BCUT2D eigenvalue weighted by atomic mass is 10.0. The minimum absolute atomic E-state index is 0.0967. The van der Waals surface area contributed by atoms with Crippen LogP contribution in [-0.4, -0.2) is 44.2 Å². The van der Waals surface area contributed by atoms with Gasteiger partial charge in [0.15, 0.2) is 9.84 Å². The molecule has 0 bridgehead atoms. The van der Waals surface area contributed by atoms with Gasteiger partial charge in [0.2, 0.25) is 0 Å². The van der Waals surface area contributed by atoms with Gasteiger partial charge in [0.05, 0.1) is 11.9 Å². The van der Waals surface area contributed by atoms with Gasteiger partial charge in [-0.2, -0.15) is 0 Å². The van der Waals surface area contributed by atoms with Crippen LogP contribution in [0.4, 0.5) is 0 Å². The Kier molecular flexibility index (Phi) is 4.33. The molecule has 0 saturated heterocycles. The van der Waals surface area contributed by atoms with Crippen molar-refractivity contribution >= 4 is 27.4 Å². The topological polar surface area (TPSA) is 80.7 Å². The van der Waals surface area contributed by atoms with Gasteiger partial charge in [-0.1, -0.05) is 30.7 Å². The summed E-state index contributed by atoms with van der Waals surface area (Å²) < 4.78 is 29.5. The largest absolute Gasteiger partial charge is 0.481 e. The highest BCUT2D eigenvalue weighted by Gasteiger charge is 2.75. The second-order valence-corrected chi connectivity index (χ2v) is 8.03. The van der Waals surface area contributed by atoms with Crippen LogP contribution in [0.2, 0.25) is 5.02 Å². The summed E-state index contributed by atoms with van der Waals surface area (Å²) >= 11 is 5.83. The predicted octanol–water partition coefficient (Wildman–Crippen LogP) is 1.96. The van der Waals surface area contributed by atoms with Gasteiger partial charge < -0.3 is 9.84 Å². The third kappa shape index (κ3) is 2.56. The molecular weight excluding hydrogens is 316 g/mol. The van der Waals surface area contributed by atoms with Gasteiger partial charge in [-0.05, 0) is 17.7 Å². The Hall–Kier alpha value is -1.11. The fraction of sp³-hybridized carbons (Fsp3) is 0.500. The highest BCUT2D eigenvalue weighted by atomic mass is 35.5. The van der Waals surface area contributed by atoms with Gasteiger partial charge in [0.25, 0.3) is 0 Å². The second-order valence-electron chi connectivity index (χ2n) is 5.18. The van der Waals surface area contributed by atoms with Crippen LogP contribution >= 0.6 is 11.6 Å². The first-order valence-corrected chi connectivity index (χ1v) is 8.60. The summed E-state index contributed by atoms with van der Waals surface area (Å²) in [7, 11) is -2.13. The van der Waals surface area contributed by atoms with Crippen molar-refractivity contribution in [2.75, 3.05) is 19.5 Å². The lowest BCUT2D eigenvalue weighted by molar-refractivity contribution is -0.145. The van der Waals surface area contributed by atoms with Crippen LogP contribution in [-0.2, 0) is 19.4 Å². The van der Waals surface area contributed by atoms with Crippen LogP contribution in [0.5, 0.6) is 0 Å². The van der Waals surface area contributed by atoms with E-state index in [1.54, 1.807) is 24.3 Å². The number of hydrogen-bond donors (Lipinski definition) is 1. The molecule has 1 fully saturated rings. The summed E-state index contributed by atoms with van der Waals surface area (Å²) in [6, 6.07) is 6.60. The minimum atomic E-state index is -3.50. The van der Waals surface area contributed by atoms with E-state index in [9.17, 15) is 18.3 Å². The van der Waals surface area contributed by atoms with Crippen molar-refractivity contribution in [2.24, 2.45) is 5.41 Å². The number of rotatable bonds is 6. The third-order valence-electron chi connectivity index (χ3n) is 4.06. The molecule has 116 valence electrons. The molecule has 0 aromatic heterocycles. The van der Waals surface area contributed by atoms with E-state index in [-0.39, 0.29) is 12.4 Å². The summed E-state index contributed by atoms with van der Waals surface area (Å²) in [5.41, 5.74) is -0.766. The zero-order valence-corrected chi connectivity index (χ0v) is 13.3. The molecule has 1 aromatic rings. The van der Waals surface area contributed by atoms with Crippen molar-refractivity contribution in [3.8, 4) is 0 Å². The molecule has 2 rings (SSSR count). The van der Waals surface area contributed by atoms with Gasteiger partial charge in [-0.25, -0.2) is 8.42 Å². The van der Waals surface area contributed by atoms with E-state index < -0.39 is 32.4 Å². The Bertz CT molecular complexity index is 640. The van der Waals surface area contributed by atoms with Crippen molar-refractivity contribution < 1.29 is 23.1 Å². The number of carboxylic acids is 1. The number of sulfone groups is 1. The molecule has 7 heteroatoms. The number of carbonyl (C=O) groups is 1. The van der Waals surface area contributed by atoms with E-state index in [4.69, 9.17) is 16.3 Å². The van der Waals surface area contributed by atoms with Gasteiger partial charge in [0, 0.05) is 23.8 Å². The van der Waals surface area contributed by atoms with Crippen LogP contribution in [0.25, 0.3) is 0 Å². The fourth-order valence-corrected chi connectivity index (χ4v) is 5.16. The first-order chi connectivity index (χ1) is 9.81. The molecule has 1 N–H and O–H groups in total.